The third-order valence-corrected chi connectivity index (χ3v) is 5.20. The van der Waals surface area contributed by atoms with E-state index in [4.69, 9.17) is 0 Å². The van der Waals surface area contributed by atoms with Gasteiger partial charge in [-0.25, -0.2) is 0 Å². The van der Waals surface area contributed by atoms with E-state index in [9.17, 15) is 0 Å². The lowest BCUT2D eigenvalue weighted by Crippen LogP contribution is -2.45. The molecule has 23 heavy (non-hydrogen) atoms. The predicted molar refractivity (Wildman–Crippen MR) is 99.1 cm³/mol. The molecule has 0 amide bonds. The van der Waals surface area contributed by atoms with E-state index >= 15 is 0 Å². The molecular formula is C18H37N5. The molecule has 0 saturated carbocycles. The summed E-state index contributed by atoms with van der Waals surface area (Å²) < 4.78 is 0. The number of hydrogen-bond acceptors (Lipinski definition) is 3. The fourth-order valence-corrected chi connectivity index (χ4v) is 3.71. The number of likely N-dealkylation sites (tertiary alicyclic amines) is 2. The molecule has 134 valence electrons. The Morgan fingerprint density at radius 3 is 2.30 bits per heavy atom. The van der Waals surface area contributed by atoms with Crippen molar-refractivity contribution in [1.29, 1.82) is 0 Å². The summed E-state index contributed by atoms with van der Waals surface area (Å²) >= 11 is 0. The zero-order valence-corrected chi connectivity index (χ0v) is 15.3. The molecule has 5 heteroatoms. The molecule has 0 aromatic carbocycles. The van der Waals surface area contributed by atoms with Gasteiger partial charge in [0.15, 0.2) is 5.96 Å². The Hall–Kier alpha value is -0.810. The largest absolute Gasteiger partial charge is 0.356 e. The average molecular weight is 324 g/mol. The summed E-state index contributed by atoms with van der Waals surface area (Å²) in [4.78, 5) is 9.53. The van der Waals surface area contributed by atoms with Crippen LogP contribution in [0.1, 0.15) is 45.4 Å². The van der Waals surface area contributed by atoms with Crippen LogP contribution in [0.3, 0.4) is 0 Å². The van der Waals surface area contributed by atoms with Crippen LogP contribution in [0.25, 0.3) is 0 Å². The van der Waals surface area contributed by atoms with Crippen molar-refractivity contribution in [2.75, 3.05) is 59.4 Å². The normalized spacial score (nSPS) is 22.3. The summed E-state index contributed by atoms with van der Waals surface area (Å²) in [5, 5.41) is 7.00. The van der Waals surface area contributed by atoms with Crippen LogP contribution < -0.4 is 10.6 Å². The number of nitrogens with zero attached hydrogens (tertiary/aromatic N) is 3. The summed E-state index contributed by atoms with van der Waals surface area (Å²) in [6, 6.07) is 0. The summed E-state index contributed by atoms with van der Waals surface area (Å²) in [7, 11) is 1.88. The third-order valence-electron chi connectivity index (χ3n) is 5.20. The SMILES string of the molecule is CCCN1CCC(CNC(=NC)NCCN2CCCCC2)CC1. The summed E-state index contributed by atoms with van der Waals surface area (Å²) in [5.74, 6) is 1.77. The van der Waals surface area contributed by atoms with E-state index in [1.807, 2.05) is 7.05 Å². The van der Waals surface area contributed by atoms with E-state index in [0.717, 1.165) is 31.5 Å². The first-order valence-electron chi connectivity index (χ1n) is 9.71. The molecule has 0 atom stereocenters. The van der Waals surface area contributed by atoms with Crippen LogP contribution in [0, 0.1) is 5.92 Å². The number of piperidine rings is 2. The Bertz CT molecular complexity index is 330. The number of hydrogen-bond donors (Lipinski definition) is 2. The van der Waals surface area contributed by atoms with Gasteiger partial charge in [-0.2, -0.15) is 0 Å². The number of guanidine groups is 1. The van der Waals surface area contributed by atoms with Gasteiger partial charge in [-0.05, 0) is 70.7 Å². The van der Waals surface area contributed by atoms with Gasteiger partial charge in [0.1, 0.15) is 0 Å². The second-order valence-corrected chi connectivity index (χ2v) is 7.07. The van der Waals surface area contributed by atoms with E-state index in [1.165, 1.54) is 71.2 Å². The van der Waals surface area contributed by atoms with E-state index in [2.05, 4.69) is 32.3 Å². The average Bonchev–Trinajstić information content (AvgIpc) is 2.60. The maximum absolute atomic E-state index is 4.36. The highest BCUT2D eigenvalue weighted by Gasteiger charge is 2.18. The highest BCUT2D eigenvalue weighted by Crippen LogP contribution is 2.16. The van der Waals surface area contributed by atoms with Gasteiger partial charge in [-0.3, -0.25) is 4.99 Å². The van der Waals surface area contributed by atoms with Crippen LogP contribution in [-0.4, -0.2) is 75.2 Å². The lowest BCUT2D eigenvalue weighted by molar-refractivity contribution is 0.185. The lowest BCUT2D eigenvalue weighted by Gasteiger charge is -2.32. The number of aliphatic imine (C=N–C) groups is 1. The van der Waals surface area contributed by atoms with Crippen LogP contribution >= 0.6 is 0 Å². The molecule has 0 aromatic heterocycles. The number of nitrogens with one attached hydrogen (secondary N) is 2. The fraction of sp³-hybridized carbons (Fsp3) is 0.944. The zero-order chi connectivity index (χ0) is 16.3. The van der Waals surface area contributed by atoms with E-state index < -0.39 is 0 Å². The van der Waals surface area contributed by atoms with Crippen molar-refractivity contribution in [3.63, 3.8) is 0 Å². The van der Waals surface area contributed by atoms with Crippen LogP contribution in [0.5, 0.6) is 0 Å². The first-order chi connectivity index (χ1) is 11.3. The Morgan fingerprint density at radius 1 is 0.957 bits per heavy atom. The Morgan fingerprint density at radius 2 is 1.65 bits per heavy atom. The predicted octanol–water partition coefficient (Wildman–Crippen LogP) is 1.76. The maximum atomic E-state index is 4.36. The molecule has 2 saturated heterocycles. The second kappa shape index (κ2) is 10.9. The van der Waals surface area contributed by atoms with Gasteiger partial charge < -0.3 is 20.4 Å². The highest BCUT2D eigenvalue weighted by molar-refractivity contribution is 5.79. The van der Waals surface area contributed by atoms with E-state index in [0.29, 0.717) is 0 Å². The van der Waals surface area contributed by atoms with E-state index in [1.54, 1.807) is 0 Å². The first kappa shape index (κ1) is 18.5. The molecule has 2 heterocycles. The van der Waals surface area contributed by atoms with Gasteiger partial charge in [0.25, 0.3) is 0 Å². The molecule has 0 spiro atoms. The Kier molecular flexibility index (Phi) is 8.76. The fourth-order valence-electron chi connectivity index (χ4n) is 3.71. The smallest absolute Gasteiger partial charge is 0.191 e. The molecule has 0 unspecified atom stereocenters. The van der Waals surface area contributed by atoms with Gasteiger partial charge in [0, 0.05) is 26.7 Å². The van der Waals surface area contributed by atoms with Gasteiger partial charge in [0.05, 0.1) is 0 Å². The van der Waals surface area contributed by atoms with Crippen molar-refractivity contribution in [2.24, 2.45) is 10.9 Å². The minimum atomic E-state index is 0.795. The molecule has 5 nitrogen and oxygen atoms in total. The van der Waals surface area contributed by atoms with Crippen molar-refractivity contribution < 1.29 is 0 Å². The van der Waals surface area contributed by atoms with E-state index in [-0.39, 0.29) is 0 Å². The molecule has 0 bridgehead atoms. The van der Waals surface area contributed by atoms with Crippen molar-refractivity contribution in [3.8, 4) is 0 Å². The zero-order valence-electron chi connectivity index (χ0n) is 15.3. The van der Waals surface area contributed by atoms with Gasteiger partial charge in [-0.1, -0.05) is 13.3 Å². The van der Waals surface area contributed by atoms with Gasteiger partial charge in [-0.15, -0.1) is 0 Å². The third kappa shape index (κ3) is 7.08. The van der Waals surface area contributed by atoms with Gasteiger partial charge in [0.2, 0.25) is 0 Å². The molecule has 0 radical (unpaired) electrons. The Balaban J connectivity index is 1.56. The van der Waals surface area contributed by atoms with Gasteiger partial charge >= 0.3 is 0 Å². The number of rotatable bonds is 7. The molecule has 2 N–H and O–H groups in total. The van der Waals surface area contributed by atoms with Crippen LogP contribution in [0.2, 0.25) is 0 Å². The van der Waals surface area contributed by atoms with Crippen molar-refractivity contribution >= 4 is 5.96 Å². The summed E-state index contributed by atoms with van der Waals surface area (Å²) in [5.41, 5.74) is 0. The standard InChI is InChI=1S/C18H37N5/c1-3-10-22-13-7-17(8-14-22)16-21-18(19-2)20-9-15-23-11-5-4-6-12-23/h17H,3-16H2,1-2H3,(H2,19,20,21). The molecule has 2 fully saturated rings. The minimum Gasteiger partial charge on any atom is -0.356 e. The highest BCUT2D eigenvalue weighted by atomic mass is 15.2. The molecule has 2 rings (SSSR count). The lowest BCUT2D eigenvalue weighted by atomic mass is 9.97. The molecule has 0 aliphatic carbocycles. The summed E-state index contributed by atoms with van der Waals surface area (Å²) in [6.45, 7) is 11.8. The monoisotopic (exact) mass is 323 g/mol. The first-order valence-corrected chi connectivity index (χ1v) is 9.71. The van der Waals surface area contributed by atoms with Crippen molar-refractivity contribution in [2.45, 2.75) is 45.4 Å². The van der Waals surface area contributed by atoms with Crippen LogP contribution in [0.15, 0.2) is 4.99 Å². The quantitative estimate of drug-likeness (QED) is 0.553. The molecule has 2 aliphatic rings. The summed E-state index contributed by atoms with van der Waals surface area (Å²) in [6.07, 6.45) is 8.05. The van der Waals surface area contributed by atoms with Crippen LogP contribution in [0.4, 0.5) is 0 Å². The van der Waals surface area contributed by atoms with Crippen molar-refractivity contribution in [3.05, 3.63) is 0 Å². The molecule has 0 aromatic rings. The topological polar surface area (TPSA) is 42.9 Å². The maximum Gasteiger partial charge on any atom is 0.191 e. The van der Waals surface area contributed by atoms with Crippen LogP contribution in [-0.2, 0) is 0 Å². The molecule has 2 aliphatic heterocycles. The van der Waals surface area contributed by atoms with Crippen molar-refractivity contribution in [1.82, 2.24) is 20.4 Å². The Labute approximate surface area is 142 Å². The molecular weight excluding hydrogens is 286 g/mol. The minimum absolute atomic E-state index is 0.795. The second-order valence-electron chi connectivity index (χ2n) is 7.07.